The summed E-state index contributed by atoms with van der Waals surface area (Å²) in [6.07, 6.45) is -5.86. The molecule has 0 radical (unpaired) electrons. The van der Waals surface area contributed by atoms with Crippen LogP contribution in [0.3, 0.4) is 0 Å². The zero-order valence-corrected chi connectivity index (χ0v) is 6.88. The van der Waals surface area contributed by atoms with Crippen molar-refractivity contribution in [3.05, 3.63) is 9.91 Å². The third kappa shape index (κ3) is 2.24. The molecule has 66 valence electrons. The van der Waals surface area contributed by atoms with Crippen molar-refractivity contribution < 1.29 is 26.3 Å². The van der Waals surface area contributed by atoms with Gasteiger partial charge in [0.25, 0.3) is 0 Å². The normalized spacial score (nSPS) is 15.4. The highest BCUT2D eigenvalue weighted by Gasteiger charge is 2.61. The summed E-state index contributed by atoms with van der Waals surface area (Å²) < 4.78 is 69.0. The standard InChI is InChI=1S/C4HF6I/c5-2(1-11)3(6,7)4(8,9)10/h1H/b2-1+. The fourth-order valence-electron chi connectivity index (χ4n) is 0.204. The third-order valence-electron chi connectivity index (χ3n) is 0.752. The molecule has 11 heavy (non-hydrogen) atoms. The van der Waals surface area contributed by atoms with Gasteiger partial charge in [0, 0.05) is 4.08 Å². The van der Waals surface area contributed by atoms with E-state index in [1.54, 1.807) is 0 Å². The Morgan fingerprint density at radius 1 is 1.09 bits per heavy atom. The van der Waals surface area contributed by atoms with E-state index in [9.17, 15) is 26.3 Å². The summed E-state index contributed by atoms with van der Waals surface area (Å²) in [4.78, 5) is 0. The van der Waals surface area contributed by atoms with Crippen LogP contribution in [-0.2, 0) is 0 Å². The largest absolute Gasteiger partial charge is 0.460 e. The van der Waals surface area contributed by atoms with Crippen LogP contribution < -0.4 is 0 Å². The Hall–Kier alpha value is 0.0500. The molecule has 0 fully saturated rings. The second-order valence-electron chi connectivity index (χ2n) is 1.53. The summed E-state index contributed by atoms with van der Waals surface area (Å²) in [5.41, 5.74) is 0. The number of hydrogen-bond donors (Lipinski definition) is 0. The van der Waals surface area contributed by atoms with Crippen LogP contribution in [0.1, 0.15) is 0 Å². The van der Waals surface area contributed by atoms with Gasteiger partial charge in [-0.3, -0.25) is 0 Å². The summed E-state index contributed by atoms with van der Waals surface area (Å²) in [5.74, 6) is -7.86. The Bertz CT molecular complexity index is 168. The highest BCUT2D eigenvalue weighted by atomic mass is 127. The van der Waals surface area contributed by atoms with Crippen LogP contribution in [0, 0.1) is 0 Å². The zero-order valence-electron chi connectivity index (χ0n) is 4.72. The molecule has 0 saturated carbocycles. The number of hydrogen-bond acceptors (Lipinski definition) is 0. The van der Waals surface area contributed by atoms with Crippen molar-refractivity contribution in [2.24, 2.45) is 0 Å². The van der Waals surface area contributed by atoms with Crippen molar-refractivity contribution >= 4 is 22.6 Å². The average molecular weight is 290 g/mol. The minimum Gasteiger partial charge on any atom is -0.204 e. The Balaban J connectivity index is 4.74. The van der Waals surface area contributed by atoms with E-state index in [1.165, 1.54) is 0 Å². The van der Waals surface area contributed by atoms with Crippen molar-refractivity contribution in [1.29, 1.82) is 0 Å². The lowest BCUT2D eigenvalue weighted by Gasteiger charge is -2.16. The van der Waals surface area contributed by atoms with Crippen LogP contribution in [0.25, 0.3) is 0 Å². The first-order chi connectivity index (χ1) is 4.73. The molecule has 0 nitrogen and oxygen atoms in total. The van der Waals surface area contributed by atoms with Crippen LogP contribution in [0.2, 0.25) is 0 Å². The molecule has 0 aromatic rings. The smallest absolute Gasteiger partial charge is 0.204 e. The van der Waals surface area contributed by atoms with E-state index in [1.807, 2.05) is 0 Å². The number of halogens is 7. The molecule has 0 aliphatic carbocycles. The third-order valence-corrected chi connectivity index (χ3v) is 1.30. The molecule has 0 aliphatic rings. The van der Waals surface area contributed by atoms with Gasteiger partial charge in [-0.25, -0.2) is 4.39 Å². The van der Waals surface area contributed by atoms with E-state index in [4.69, 9.17) is 0 Å². The predicted octanol–water partition coefficient (Wildman–Crippen LogP) is 3.43. The molecule has 0 heterocycles. The maximum Gasteiger partial charge on any atom is 0.460 e. The second kappa shape index (κ2) is 3.20. The lowest BCUT2D eigenvalue weighted by molar-refractivity contribution is -0.270. The highest BCUT2D eigenvalue weighted by molar-refractivity contribution is 14.1. The molecule has 0 amide bonds. The first-order valence-electron chi connectivity index (χ1n) is 2.14. The van der Waals surface area contributed by atoms with Crippen molar-refractivity contribution in [2.45, 2.75) is 12.1 Å². The van der Waals surface area contributed by atoms with Gasteiger partial charge in [0.2, 0.25) is 0 Å². The number of rotatable bonds is 1. The molecule has 0 spiro atoms. The van der Waals surface area contributed by atoms with Gasteiger partial charge in [0.05, 0.1) is 0 Å². The topological polar surface area (TPSA) is 0 Å². The van der Waals surface area contributed by atoms with Crippen LogP contribution in [-0.4, -0.2) is 12.1 Å². The predicted molar refractivity (Wildman–Crippen MR) is 34.2 cm³/mol. The van der Waals surface area contributed by atoms with Crippen molar-refractivity contribution in [3.63, 3.8) is 0 Å². The number of allylic oxidation sites excluding steroid dienone is 1. The van der Waals surface area contributed by atoms with Crippen LogP contribution in [0.5, 0.6) is 0 Å². The van der Waals surface area contributed by atoms with Gasteiger partial charge in [-0.05, 0) is 22.6 Å². The highest BCUT2D eigenvalue weighted by Crippen LogP contribution is 2.41. The van der Waals surface area contributed by atoms with Gasteiger partial charge in [0.15, 0.2) is 5.83 Å². The van der Waals surface area contributed by atoms with Gasteiger partial charge in [0.1, 0.15) is 0 Å². The van der Waals surface area contributed by atoms with Crippen LogP contribution in [0.4, 0.5) is 26.3 Å². The zero-order chi connectivity index (χ0) is 9.28. The lowest BCUT2D eigenvalue weighted by atomic mass is 10.3. The summed E-state index contributed by atoms with van der Waals surface area (Å²) >= 11 is 0.962. The lowest BCUT2D eigenvalue weighted by Crippen LogP contribution is -2.36. The van der Waals surface area contributed by atoms with Gasteiger partial charge < -0.3 is 0 Å². The first-order valence-corrected chi connectivity index (χ1v) is 3.39. The molecule has 0 aromatic carbocycles. The fourth-order valence-corrected chi connectivity index (χ4v) is 0.595. The summed E-state index contributed by atoms with van der Waals surface area (Å²) in [6, 6.07) is 0. The van der Waals surface area contributed by atoms with Gasteiger partial charge >= 0.3 is 12.1 Å². The number of alkyl halides is 5. The van der Waals surface area contributed by atoms with E-state index in [-0.39, 0.29) is 4.08 Å². The summed E-state index contributed by atoms with van der Waals surface area (Å²) in [5, 5.41) is 0. The minimum absolute atomic E-state index is 0.0469. The Morgan fingerprint density at radius 3 is 1.55 bits per heavy atom. The van der Waals surface area contributed by atoms with Crippen molar-refractivity contribution in [3.8, 4) is 0 Å². The minimum atomic E-state index is -5.86. The monoisotopic (exact) mass is 290 g/mol. The molecule has 0 N–H and O–H groups in total. The Morgan fingerprint density at radius 2 is 1.45 bits per heavy atom. The fraction of sp³-hybridized carbons (Fsp3) is 0.500. The first kappa shape index (κ1) is 11.1. The average Bonchev–Trinajstić information content (AvgIpc) is 1.83. The van der Waals surface area contributed by atoms with Crippen LogP contribution >= 0.6 is 22.6 Å². The summed E-state index contributed by atoms with van der Waals surface area (Å²) in [6.45, 7) is 0. The summed E-state index contributed by atoms with van der Waals surface area (Å²) in [7, 11) is 0. The molecule has 0 aliphatic heterocycles. The Kier molecular flexibility index (Phi) is 3.21. The molecule has 0 bridgehead atoms. The Labute approximate surface area is 71.4 Å². The second-order valence-corrected chi connectivity index (χ2v) is 2.15. The van der Waals surface area contributed by atoms with E-state index in [0.29, 0.717) is 0 Å². The van der Waals surface area contributed by atoms with Crippen molar-refractivity contribution in [2.75, 3.05) is 0 Å². The molecule has 0 saturated heterocycles. The maximum atomic E-state index is 11.8. The molecular formula is C4HF6I. The van der Waals surface area contributed by atoms with E-state index >= 15 is 0 Å². The molecule has 0 unspecified atom stereocenters. The van der Waals surface area contributed by atoms with Crippen LogP contribution in [0.15, 0.2) is 9.91 Å². The molecule has 0 aromatic heterocycles. The molecule has 0 atom stereocenters. The maximum absolute atomic E-state index is 11.8. The quantitative estimate of drug-likeness (QED) is 0.512. The van der Waals surface area contributed by atoms with Gasteiger partial charge in [-0.2, -0.15) is 22.0 Å². The van der Waals surface area contributed by atoms with E-state index < -0.39 is 17.9 Å². The molecular weight excluding hydrogens is 289 g/mol. The van der Waals surface area contributed by atoms with Crippen molar-refractivity contribution in [1.82, 2.24) is 0 Å². The van der Waals surface area contributed by atoms with E-state index in [0.717, 1.165) is 22.6 Å². The van der Waals surface area contributed by atoms with Gasteiger partial charge in [-0.1, -0.05) is 0 Å². The molecule has 0 rings (SSSR count). The molecule has 7 heteroatoms. The van der Waals surface area contributed by atoms with E-state index in [2.05, 4.69) is 0 Å². The van der Waals surface area contributed by atoms with Gasteiger partial charge in [-0.15, -0.1) is 0 Å². The SMILES string of the molecule is F/C(=C/I)C(F)(F)C(F)(F)F.